The maximum Gasteiger partial charge on any atom is 0.192 e. The van der Waals surface area contributed by atoms with Crippen LogP contribution in [0.2, 0.25) is 0 Å². The molecule has 0 radical (unpaired) electrons. The van der Waals surface area contributed by atoms with Crippen molar-refractivity contribution in [1.29, 1.82) is 0 Å². The number of halogens is 1. The fourth-order valence-corrected chi connectivity index (χ4v) is 3.76. The first-order chi connectivity index (χ1) is 12.5. The van der Waals surface area contributed by atoms with E-state index in [1.165, 1.54) is 103 Å². The SMILES string of the molecule is CCCCCCCCCCCCCCCCCCOC(CC)[N+](C)(C)C.[Cl-]. The predicted molar refractivity (Wildman–Crippen MR) is 118 cm³/mol. The molecular weight excluding hydrogens is 354 g/mol. The van der Waals surface area contributed by atoms with Gasteiger partial charge >= 0.3 is 0 Å². The van der Waals surface area contributed by atoms with E-state index >= 15 is 0 Å². The third kappa shape index (κ3) is 20.7. The molecule has 0 heterocycles. The number of unbranched alkanes of at least 4 members (excludes halogenated alkanes) is 15. The molecule has 0 spiro atoms. The Kier molecular flexibility index (Phi) is 22.8. The van der Waals surface area contributed by atoms with Crippen LogP contribution in [-0.2, 0) is 4.74 Å². The van der Waals surface area contributed by atoms with Gasteiger partial charge in [-0.2, -0.15) is 0 Å². The third-order valence-corrected chi connectivity index (χ3v) is 5.52. The minimum atomic E-state index is 0. The third-order valence-electron chi connectivity index (χ3n) is 5.52. The molecule has 0 aliphatic carbocycles. The van der Waals surface area contributed by atoms with Gasteiger partial charge in [0.05, 0.1) is 27.7 Å². The monoisotopic (exact) mass is 405 g/mol. The molecule has 0 bridgehead atoms. The van der Waals surface area contributed by atoms with Crippen LogP contribution in [0.5, 0.6) is 0 Å². The predicted octanol–water partition coefficient (Wildman–Crippen LogP) is 4.71. The lowest BCUT2D eigenvalue weighted by Crippen LogP contribution is -3.00. The Balaban J connectivity index is 0. The van der Waals surface area contributed by atoms with E-state index in [-0.39, 0.29) is 12.4 Å². The highest BCUT2D eigenvalue weighted by Gasteiger charge is 2.21. The van der Waals surface area contributed by atoms with Crippen LogP contribution in [0.15, 0.2) is 0 Å². The van der Waals surface area contributed by atoms with E-state index in [1.54, 1.807) is 0 Å². The zero-order valence-corrected chi connectivity index (χ0v) is 20.3. The second-order valence-corrected chi connectivity index (χ2v) is 9.15. The molecule has 0 rings (SSSR count). The van der Waals surface area contributed by atoms with Gasteiger partial charge in [-0.25, -0.2) is 0 Å². The van der Waals surface area contributed by atoms with Gasteiger partial charge in [-0.1, -0.05) is 110 Å². The average molecular weight is 406 g/mol. The molecule has 0 aliphatic heterocycles. The van der Waals surface area contributed by atoms with Gasteiger partial charge in [0.15, 0.2) is 6.23 Å². The van der Waals surface area contributed by atoms with Gasteiger partial charge in [-0.15, -0.1) is 0 Å². The Labute approximate surface area is 178 Å². The molecule has 2 nitrogen and oxygen atoms in total. The van der Waals surface area contributed by atoms with E-state index < -0.39 is 0 Å². The van der Waals surface area contributed by atoms with Crippen molar-refractivity contribution < 1.29 is 21.6 Å². The Morgan fingerprint density at radius 1 is 0.556 bits per heavy atom. The van der Waals surface area contributed by atoms with Crippen molar-refractivity contribution >= 4 is 0 Å². The summed E-state index contributed by atoms with van der Waals surface area (Å²) >= 11 is 0. The molecule has 0 aromatic carbocycles. The lowest BCUT2D eigenvalue weighted by Gasteiger charge is -2.33. The Morgan fingerprint density at radius 3 is 1.19 bits per heavy atom. The van der Waals surface area contributed by atoms with Crippen LogP contribution in [0.4, 0.5) is 0 Å². The zero-order chi connectivity index (χ0) is 19.5. The molecule has 0 saturated heterocycles. The van der Waals surface area contributed by atoms with E-state index in [0.29, 0.717) is 6.23 Å². The Hall–Kier alpha value is 0.210. The Morgan fingerprint density at radius 2 is 0.889 bits per heavy atom. The number of nitrogens with zero attached hydrogens (tertiary/aromatic N) is 1. The lowest BCUT2D eigenvalue weighted by atomic mass is 10.0. The molecule has 0 fully saturated rings. The van der Waals surface area contributed by atoms with Gasteiger partial charge in [-0.3, -0.25) is 0 Å². The van der Waals surface area contributed by atoms with E-state index in [0.717, 1.165) is 17.5 Å². The fourth-order valence-electron chi connectivity index (χ4n) is 3.76. The van der Waals surface area contributed by atoms with Gasteiger partial charge in [0.1, 0.15) is 0 Å². The first kappa shape index (κ1) is 29.4. The van der Waals surface area contributed by atoms with Gasteiger partial charge in [0.2, 0.25) is 0 Å². The van der Waals surface area contributed by atoms with Crippen molar-refractivity contribution in [3.8, 4) is 0 Å². The molecule has 0 amide bonds. The zero-order valence-electron chi connectivity index (χ0n) is 19.5. The summed E-state index contributed by atoms with van der Waals surface area (Å²) < 4.78 is 6.96. The quantitative estimate of drug-likeness (QED) is 0.162. The van der Waals surface area contributed by atoms with Crippen LogP contribution in [-0.4, -0.2) is 38.5 Å². The molecule has 1 atom stereocenters. The molecule has 3 heteroatoms. The number of rotatable bonds is 20. The van der Waals surface area contributed by atoms with Crippen LogP contribution >= 0.6 is 0 Å². The topological polar surface area (TPSA) is 9.23 Å². The highest BCUT2D eigenvalue weighted by atomic mass is 35.5. The normalized spacial score (nSPS) is 12.8. The number of ether oxygens (including phenoxy) is 1. The van der Waals surface area contributed by atoms with Crippen molar-refractivity contribution in [3.63, 3.8) is 0 Å². The van der Waals surface area contributed by atoms with Crippen LogP contribution < -0.4 is 12.4 Å². The molecule has 1 unspecified atom stereocenters. The molecule has 0 aromatic rings. The van der Waals surface area contributed by atoms with Crippen LogP contribution in [0.1, 0.15) is 123 Å². The van der Waals surface area contributed by atoms with Gasteiger partial charge in [-0.05, 0) is 6.42 Å². The standard InChI is InChI=1S/C24H52NO.ClH/c1-6-8-9-10-11-12-13-14-15-16-17-18-19-20-21-22-23-26-24(7-2)25(3,4)5;/h24H,6-23H2,1-5H3;1H/q+1;/p-1. The minimum absolute atomic E-state index is 0. The average Bonchev–Trinajstić information content (AvgIpc) is 2.59. The van der Waals surface area contributed by atoms with E-state index in [9.17, 15) is 0 Å². The summed E-state index contributed by atoms with van der Waals surface area (Å²) in [6, 6.07) is 0. The van der Waals surface area contributed by atoms with E-state index in [1.807, 2.05) is 0 Å². The maximum atomic E-state index is 6.05. The van der Waals surface area contributed by atoms with Crippen LogP contribution in [0, 0.1) is 0 Å². The number of hydrogen-bond acceptors (Lipinski definition) is 1. The largest absolute Gasteiger partial charge is 1.00 e. The van der Waals surface area contributed by atoms with Crippen molar-refractivity contribution in [2.45, 2.75) is 129 Å². The summed E-state index contributed by atoms with van der Waals surface area (Å²) in [6.45, 7) is 5.46. The molecule has 27 heavy (non-hydrogen) atoms. The Bertz CT molecular complexity index is 278. The molecule has 0 aromatic heterocycles. The summed E-state index contributed by atoms with van der Waals surface area (Å²) in [5.41, 5.74) is 0. The maximum absolute atomic E-state index is 6.05. The smallest absolute Gasteiger partial charge is 0.192 e. The van der Waals surface area contributed by atoms with Crippen LogP contribution in [0.3, 0.4) is 0 Å². The number of hydrogen-bond donors (Lipinski definition) is 0. The summed E-state index contributed by atoms with van der Waals surface area (Å²) in [5, 5.41) is 0. The van der Waals surface area contributed by atoms with E-state index in [4.69, 9.17) is 4.74 Å². The van der Waals surface area contributed by atoms with Gasteiger partial charge in [0, 0.05) is 6.42 Å². The summed E-state index contributed by atoms with van der Waals surface area (Å²) in [4.78, 5) is 0. The summed E-state index contributed by atoms with van der Waals surface area (Å²) in [7, 11) is 6.67. The molecular formula is C24H52ClNO. The first-order valence-corrected chi connectivity index (χ1v) is 11.9. The van der Waals surface area contributed by atoms with Crippen molar-refractivity contribution in [2.75, 3.05) is 27.7 Å². The lowest BCUT2D eigenvalue weighted by molar-refractivity contribution is -0.920. The molecule has 0 N–H and O–H groups in total. The second-order valence-electron chi connectivity index (χ2n) is 9.15. The van der Waals surface area contributed by atoms with Gasteiger partial charge < -0.3 is 21.6 Å². The van der Waals surface area contributed by atoms with Crippen molar-refractivity contribution in [2.24, 2.45) is 0 Å². The molecule has 0 saturated carbocycles. The van der Waals surface area contributed by atoms with Crippen molar-refractivity contribution in [3.05, 3.63) is 0 Å². The number of quaternary nitrogens is 1. The second kappa shape index (κ2) is 20.9. The fraction of sp³-hybridized carbons (Fsp3) is 1.00. The van der Waals surface area contributed by atoms with Crippen LogP contribution in [0.25, 0.3) is 0 Å². The molecule has 166 valence electrons. The summed E-state index contributed by atoms with van der Waals surface area (Å²) in [5.74, 6) is 0. The van der Waals surface area contributed by atoms with Crippen molar-refractivity contribution in [1.82, 2.24) is 0 Å². The summed E-state index contributed by atoms with van der Waals surface area (Å²) in [6.07, 6.45) is 24.2. The molecule has 0 aliphatic rings. The minimum Gasteiger partial charge on any atom is -1.00 e. The van der Waals surface area contributed by atoms with E-state index in [2.05, 4.69) is 35.0 Å². The first-order valence-electron chi connectivity index (χ1n) is 11.9. The highest BCUT2D eigenvalue weighted by molar-refractivity contribution is 4.50. The highest BCUT2D eigenvalue weighted by Crippen LogP contribution is 2.14. The van der Waals surface area contributed by atoms with Gasteiger partial charge in [0.25, 0.3) is 0 Å².